The predicted molar refractivity (Wildman–Crippen MR) is 60.9 cm³/mol. The third-order valence-corrected chi connectivity index (χ3v) is 1.84. The molecular weight excluding hydrogens is 208 g/mol. The highest BCUT2D eigenvalue weighted by atomic mass is 16.5. The Balaban J connectivity index is 3.63. The summed E-state index contributed by atoms with van der Waals surface area (Å²) >= 11 is 0. The molecule has 0 fully saturated rings. The van der Waals surface area contributed by atoms with E-state index in [4.69, 9.17) is 9.47 Å². The van der Waals surface area contributed by atoms with E-state index in [0.29, 0.717) is 13.2 Å². The summed E-state index contributed by atoms with van der Waals surface area (Å²) < 4.78 is 9.65. The second-order valence-electron chi connectivity index (χ2n) is 3.38. The Morgan fingerprint density at radius 3 is 1.56 bits per heavy atom. The van der Waals surface area contributed by atoms with Gasteiger partial charge >= 0.3 is 11.9 Å². The first-order valence-corrected chi connectivity index (χ1v) is 5.72. The number of carbonyl (C=O) groups is 2. The molecule has 0 aliphatic carbocycles. The molecule has 0 spiro atoms. The van der Waals surface area contributed by atoms with Crippen LogP contribution in [0.1, 0.15) is 39.5 Å². The lowest BCUT2D eigenvalue weighted by Gasteiger charge is -2.00. The Morgan fingerprint density at radius 2 is 1.25 bits per heavy atom. The molecule has 0 aromatic carbocycles. The van der Waals surface area contributed by atoms with Gasteiger partial charge in [0.05, 0.1) is 13.2 Å². The molecule has 0 aliphatic heterocycles. The minimum Gasteiger partial charge on any atom is -0.463 e. The molecule has 0 radical (unpaired) electrons. The van der Waals surface area contributed by atoms with Crippen molar-refractivity contribution in [2.75, 3.05) is 13.2 Å². The van der Waals surface area contributed by atoms with Crippen molar-refractivity contribution in [3.63, 3.8) is 0 Å². The van der Waals surface area contributed by atoms with Gasteiger partial charge in [-0.05, 0) is 12.8 Å². The molecule has 0 bridgehead atoms. The molecule has 0 saturated carbocycles. The molecular formula is C12H20O4. The predicted octanol–water partition coefficient (Wildman–Crippen LogP) is 2.23. The molecule has 92 valence electrons. The average molecular weight is 228 g/mol. The van der Waals surface area contributed by atoms with E-state index < -0.39 is 11.9 Å². The fourth-order valence-corrected chi connectivity index (χ4v) is 0.867. The number of unbranched alkanes of at least 4 members (excludes halogenated alkanes) is 2. The van der Waals surface area contributed by atoms with Crippen LogP contribution in [0.3, 0.4) is 0 Å². The third-order valence-electron chi connectivity index (χ3n) is 1.84. The second-order valence-corrected chi connectivity index (χ2v) is 3.38. The molecule has 0 N–H and O–H groups in total. The monoisotopic (exact) mass is 228 g/mol. The Morgan fingerprint density at radius 1 is 0.875 bits per heavy atom. The summed E-state index contributed by atoms with van der Waals surface area (Å²) in [6.07, 6.45) is 5.81. The van der Waals surface area contributed by atoms with Crippen molar-refractivity contribution in [2.24, 2.45) is 0 Å². The first kappa shape index (κ1) is 14.7. The molecule has 0 unspecified atom stereocenters. The molecule has 0 aliphatic rings. The van der Waals surface area contributed by atoms with Crippen molar-refractivity contribution in [1.29, 1.82) is 0 Å². The molecule has 0 amide bonds. The van der Waals surface area contributed by atoms with Crippen molar-refractivity contribution in [2.45, 2.75) is 39.5 Å². The molecule has 0 aromatic heterocycles. The standard InChI is InChI=1S/C12H20O4/c1-3-5-9-15-11(13)7-8-12(14)16-10-6-4-2/h7-8H,3-6,9-10H2,1-2H3/b8-7+. The number of hydrogen-bond donors (Lipinski definition) is 0. The van der Waals surface area contributed by atoms with Crippen LogP contribution in [-0.4, -0.2) is 25.2 Å². The highest BCUT2D eigenvalue weighted by molar-refractivity contribution is 5.91. The normalized spacial score (nSPS) is 10.4. The highest BCUT2D eigenvalue weighted by Gasteiger charge is 2.00. The number of hydrogen-bond acceptors (Lipinski definition) is 4. The molecule has 0 atom stereocenters. The number of esters is 2. The van der Waals surface area contributed by atoms with Crippen LogP contribution in [0.15, 0.2) is 12.2 Å². The molecule has 4 heteroatoms. The van der Waals surface area contributed by atoms with E-state index in [-0.39, 0.29) is 0 Å². The Labute approximate surface area is 96.6 Å². The van der Waals surface area contributed by atoms with Crippen molar-refractivity contribution in [3.8, 4) is 0 Å². The van der Waals surface area contributed by atoms with Gasteiger partial charge in [-0.2, -0.15) is 0 Å². The van der Waals surface area contributed by atoms with Crippen LogP contribution in [0.5, 0.6) is 0 Å². The Bertz CT molecular complexity index is 209. The summed E-state index contributed by atoms with van der Waals surface area (Å²) in [6, 6.07) is 0. The number of carbonyl (C=O) groups excluding carboxylic acids is 2. The summed E-state index contributed by atoms with van der Waals surface area (Å²) in [6.45, 7) is 4.80. The molecule has 0 rings (SSSR count). The van der Waals surface area contributed by atoms with Gasteiger partial charge in [0.1, 0.15) is 0 Å². The average Bonchev–Trinajstić information content (AvgIpc) is 2.27. The lowest BCUT2D eigenvalue weighted by atomic mass is 10.4. The van der Waals surface area contributed by atoms with Crippen LogP contribution >= 0.6 is 0 Å². The van der Waals surface area contributed by atoms with Gasteiger partial charge in [-0.1, -0.05) is 26.7 Å². The molecule has 0 saturated heterocycles. The largest absolute Gasteiger partial charge is 0.463 e. The highest BCUT2D eigenvalue weighted by Crippen LogP contribution is 1.92. The Kier molecular flexibility index (Phi) is 9.36. The van der Waals surface area contributed by atoms with Crippen molar-refractivity contribution in [1.82, 2.24) is 0 Å². The summed E-state index contributed by atoms with van der Waals surface area (Å²) in [5, 5.41) is 0. The zero-order valence-electron chi connectivity index (χ0n) is 10.0. The molecule has 0 heterocycles. The van der Waals surface area contributed by atoms with E-state index >= 15 is 0 Å². The zero-order chi connectivity index (χ0) is 12.2. The minimum absolute atomic E-state index is 0.393. The Hall–Kier alpha value is -1.32. The fraction of sp³-hybridized carbons (Fsp3) is 0.667. The topological polar surface area (TPSA) is 52.6 Å². The van der Waals surface area contributed by atoms with Crippen molar-refractivity contribution < 1.29 is 19.1 Å². The summed E-state index contributed by atoms with van der Waals surface area (Å²) in [5.74, 6) is -0.998. The summed E-state index contributed by atoms with van der Waals surface area (Å²) in [7, 11) is 0. The SMILES string of the molecule is CCCCOC(=O)/C=C/C(=O)OCCCC. The first-order valence-electron chi connectivity index (χ1n) is 5.72. The van der Waals surface area contributed by atoms with Gasteiger partial charge in [0.15, 0.2) is 0 Å². The summed E-state index contributed by atoms with van der Waals surface area (Å²) in [5.41, 5.74) is 0. The maximum Gasteiger partial charge on any atom is 0.331 e. The zero-order valence-corrected chi connectivity index (χ0v) is 10.0. The molecule has 16 heavy (non-hydrogen) atoms. The van der Waals surface area contributed by atoms with Gasteiger partial charge in [0.2, 0.25) is 0 Å². The van der Waals surface area contributed by atoms with E-state index in [9.17, 15) is 9.59 Å². The van der Waals surface area contributed by atoms with Gasteiger partial charge in [-0.3, -0.25) is 0 Å². The van der Waals surface area contributed by atoms with E-state index in [1.807, 2.05) is 13.8 Å². The van der Waals surface area contributed by atoms with Crippen LogP contribution in [0.25, 0.3) is 0 Å². The number of ether oxygens (including phenoxy) is 2. The molecule has 4 nitrogen and oxygen atoms in total. The number of rotatable bonds is 8. The van der Waals surface area contributed by atoms with E-state index in [2.05, 4.69) is 0 Å². The van der Waals surface area contributed by atoms with Crippen LogP contribution in [-0.2, 0) is 19.1 Å². The maximum absolute atomic E-state index is 11.0. The van der Waals surface area contributed by atoms with Crippen LogP contribution in [0, 0.1) is 0 Å². The second kappa shape index (κ2) is 10.2. The van der Waals surface area contributed by atoms with E-state index in [0.717, 1.165) is 37.8 Å². The van der Waals surface area contributed by atoms with Gasteiger partial charge < -0.3 is 9.47 Å². The van der Waals surface area contributed by atoms with Gasteiger partial charge in [-0.15, -0.1) is 0 Å². The van der Waals surface area contributed by atoms with Crippen molar-refractivity contribution >= 4 is 11.9 Å². The van der Waals surface area contributed by atoms with Gasteiger partial charge in [0.25, 0.3) is 0 Å². The van der Waals surface area contributed by atoms with Crippen LogP contribution < -0.4 is 0 Å². The van der Waals surface area contributed by atoms with Gasteiger partial charge in [-0.25, -0.2) is 9.59 Å². The quantitative estimate of drug-likeness (QED) is 0.363. The smallest absolute Gasteiger partial charge is 0.331 e. The summed E-state index contributed by atoms with van der Waals surface area (Å²) in [4.78, 5) is 22.1. The van der Waals surface area contributed by atoms with E-state index in [1.54, 1.807) is 0 Å². The maximum atomic E-state index is 11.0. The van der Waals surface area contributed by atoms with Crippen LogP contribution in [0.4, 0.5) is 0 Å². The fourth-order valence-electron chi connectivity index (χ4n) is 0.867. The lowest BCUT2D eigenvalue weighted by Crippen LogP contribution is -2.05. The van der Waals surface area contributed by atoms with Crippen LogP contribution in [0.2, 0.25) is 0 Å². The molecule has 0 aromatic rings. The van der Waals surface area contributed by atoms with E-state index in [1.165, 1.54) is 0 Å². The minimum atomic E-state index is -0.499. The van der Waals surface area contributed by atoms with Crippen molar-refractivity contribution in [3.05, 3.63) is 12.2 Å². The lowest BCUT2D eigenvalue weighted by molar-refractivity contribution is -0.140. The third kappa shape index (κ3) is 9.24. The first-order chi connectivity index (χ1) is 7.70. The van der Waals surface area contributed by atoms with Gasteiger partial charge in [0, 0.05) is 12.2 Å².